The highest BCUT2D eigenvalue weighted by molar-refractivity contribution is 7.89. The van der Waals surface area contributed by atoms with E-state index in [1.807, 2.05) is 13.8 Å². The third-order valence-corrected chi connectivity index (χ3v) is 7.33. The van der Waals surface area contributed by atoms with Crippen LogP contribution in [0.1, 0.15) is 23.4 Å². The van der Waals surface area contributed by atoms with Crippen molar-refractivity contribution in [1.82, 2.24) is 9.29 Å². The van der Waals surface area contributed by atoms with Crippen LogP contribution in [-0.2, 0) is 14.8 Å². The largest absolute Gasteiger partial charge is 0.302 e. The Kier molecular flexibility index (Phi) is 5.40. The Hall–Kier alpha value is -1.84. The first-order chi connectivity index (χ1) is 12.3. The maximum atomic E-state index is 13.1. The maximum absolute atomic E-state index is 13.1. The topological polar surface area (TPSA) is 79.4 Å². The first-order valence-electron chi connectivity index (χ1n) is 8.28. The lowest BCUT2D eigenvalue weighted by atomic mass is 9.99. The Bertz CT molecular complexity index is 890. The molecule has 0 saturated carbocycles. The molecule has 3 rings (SSSR count). The lowest BCUT2D eigenvalue weighted by Gasteiger charge is -2.31. The van der Waals surface area contributed by atoms with Gasteiger partial charge in [-0.1, -0.05) is 0 Å². The van der Waals surface area contributed by atoms with Crippen molar-refractivity contribution in [2.75, 3.05) is 18.4 Å². The van der Waals surface area contributed by atoms with Crippen molar-refractivity contribution in [2.45, 2.75) is 31.6 Å². The molecule has 1 aromatic heterocycles. The number of nitrogens with one attached hydrogen (secondary N) is 1. The highest BCUT2D eigenvalue weighted by atomic mass is 32.2. The zero-order valence-electron chi connectivity index (χ0n) is 14.5. The first-order valence-corrected chi connectivity index (χ1v) is 10.5. The van der Waals surface area contributed by atoms with Crippen molar-refractivity contribution in [3.05, 3.63) is 40.7 Å². The molecule has 140 valence electrons. The number of nitrogens with zero attached hydrogens (tertiary/aromatic N) is 2. The van der Waals surface area contributed by atoms with Crippen LogP contribution >= 0.6 is 11.3 Å². The van der Waals surface area contributed by atoms with Crippen molar-refractivity contribution in [2.24, 2.45) is 5.92 Å². The summed E-state index contributed by atoms with van der Waals surface area (Å²) in [6.45, 7) is 4.26. The number of benzene rings is 1. The van der Waals surface area contributed by atoms with Gasteiger partial charge in [0, 0.05) is 18.0 Å². The van der Waals surface area contributed by atoms with Gasteiger partial charge in [-0.05, 0) is 51.0 Å². The molecule has 1 atom stereocenters. The van der Waals surface area contributed by atoms with E-state index in [0.717, 1.165) is 22.7 Å². The van der Waals surface area contributed by atoms with Gasteiger partial charge >= 0.3 is 0 Å². The second-order valence-electron chi connectivity index (χ2n) is 6.31. The Balaban J connectivity index is 1.72. The van der Waals surface area contributed by atoms with E-state index >= 15 is 0 Å². The van der Waals surface area contributed by atoms with Gasteiger partial charge < -0.3 is 5.32 Å². The molecule has 0 spiro atoms. The summed E-state index contributed by atoms with van der Waals surface area (Å²) in [4.78, 5) is 17.9. The summed E-state index contributed by atoms with van der Waals surface area (Å²) in [5.74, 6) is -1.16. The van der Waals surface area contributed by atoms with Crippen LogP contribution in [0.4, 0.5) is 9.52 Å². The fourth-order valence-corrected chi connectivity index (χ4v) is 5.21. The number of anilines is 1. The van der Waals surface area contributed by atoms with Crippen LogP contribution in [0, 0.1) is 25.6 Å². The Morgan fingerprint density at radius 1 is 1.31 bits per heavy atom. The second kappa shape index (κ2) is 7.42. The Morgan fingerprint density at radius 2 is 2.00 bits per heavy atom. The smallest absolute Gasteiger partial charge is 0.243 e. The van der Waals surface area contributed by atoms with E-state index in [1.54, 1.807) is 0 Å². The van der Waals surface area contributed by atoms with Gasteiger partial charge in [0.25, 0.3) is 0 Å². The van der Waals surface area contributed by atoms with Crippen LogP contribution in [0.25, 0.3) is 0 Å². The number of hydrogen-bond acceptors (Lipinski definition) is 5. The van der Waals surface area contributed by atoms with Crippen LogP contribution in [0.5, 0.6) is 0 Å². The molecule has 0 bridgehead atoms. The third-order valence-electron chi connectivity index (χ3n) is 4.46. The van der Waals surface area contributed by atoms with E-state index in [2.05, 4.69) is 10.3 Å². The Morgan fingerprint density at radius 3 is 2.62 bits per heavy atom. The number of carbonyl (C=O) groups excluding carboxylic acids is 1. The number of piperidine rings is 1. The zero-order valence-corrected chi connectivity index (χ0v) is 16.2. The predicted molar refractivity (Wildman–Crippen MR) is 98.1 cm³/mol. The van der Waals surface area contributed by atoms with Gasteiger partial charge in [0.05, 0.1) is 16.5 Å². The summed E-state index contributed by atoms with van der Waals surface area (Å²) >= 11 is 1.40. The van der Waals surface area contributed by atoms with E-state index < -0.39 is 21.8 Å². The van der Waals surface area contributed by atoms with E-state index in [0.29, 0.717) is 24.5 Å². The predicted octanol–water partition coefficient (Wildman–Crippen LogP) is 2.94. The second-order valence-corrected chi connectivity index (χ2v) is 9.45. The fraction of sp³-hybridized carbons (Fsp3) is 0.412. The number of amides is 1. The number of aromatic nitrogens is 1. The molecule has 0 radical (unpaired) electrons. The van der Waals surface area contributed by atoms with Crippen molar-refractivity contribution >= 4 is 32.4 Å². The van der Waals surface area contributed by atoms with Crippen LogP contribution in [0.3, 0.4) is 0 Å². The quantitative estimate of drug-likeness (QED) is 0.860. The monoisotopic (exact) mass is 397 g/mol. The highest BCUT2D eigenvalue weighted by Gasteiger charge is 2.33. The molecule has 1 aliphatic heterocycles. The molecule has 1 aromatic carbocycles. The molecule has 2 aromatic rings. The zero-order chi connectivity index (χ0) is 18.9. The van der Waals surface area contributed by atoms with Crippen molar-refractivity contribution < 1.29 is 17.6 Å². The normalized spacial score (nSPS) is 18.7. The van der Waals surface area contributed by atoms with Gasteiger partial charge in [-0.3, -0.25) is 4.79 Å². The molecule has 1 fully saturated rings. The van der Waals surface area contributed by atoms with E-state index in [1.165, 1.54) is 27.8 Å². The summed E-state index contributed by atoms with van der Waals surface area (Å²) in [7, 11) is -3.75. The summed E-state index contributed by atoms with van der Waals surface area (Å²) in [5.41, 5.74) is 0.870. The minimum absolute atomic E-state index is 0.0335. The molecule has 26 heavy (non-hydrogen) atoms. The average molecular weight is 397 g/mol. The molecule has 6 nitrogen and oxygen atoms in total. The molecule has 0 aliphatic carbocycles. The van der Waals surface area contributed by atoms with Crippen LogP contribution in [0.15, 0.2) is 29.2 Å². The first kappa shape index (κ1) is 18.9. The molecule has 1 unspecified atom stereocenters. The summed E-state index contributed by atoms with van der Waals surface area (Å²) in [6.07, 6.45) is 1.21. The SMILES string of the molecule is Cc1nc(NC(=O)C2CCCN(S(=O)(=O)c3ccc(F)cc3)C2)sc1C. The van der Waals surface area contributed by atoms with Crippen molar-refractivity contribution in [1.29, 1.82) is 0 Å². The molecular weight excluding hydrogens is 377 g/mol. The minimum Gasteiger partial charge on any atom is -0.302 e. The summed E-state index contributed by atoms with van der Waals surface area (Å²) < 4.78 is 39.8. The molecule has 1 N–H and O–H groups in total. The lowest BCUT2D eigenvalue weighted by molar-refractivity contribution is -0.120. The lowest BCUT2D eigenvalue weighted by Crippen LogP contribution is -2.43. The average Bonchev–Trinajstić information content (AvgIpc) is 2.93. The number of halogens is 1. The van der Waals surface area contributed by atoms with Crippen LogP contribution < -0.4 is 5.32 Å². The van der Waals surface area contributed by atoms with Gasteiger partial charge in [-0.25, -0.2) is 17.8 Å². The molecule has 2 heterocycles. The van der Waals surface area contributed by atoms with Gasteiger partial charge in [-0.2, -0.15) is 4.31 Å². The Labute approximate surface area is 156 Å². The van der Waals surface area contributed by atoms with Crippen molar-refractivity contribution in [3.8, 4) is 0 Å². The molecule has 1 aliphatic rings. The minimum atomic E-state index is -3.75. The maximum Gasteiger partial charge on any atom is 0.243 e. The van der Waals surface area contributed by atoms with Gasteiger partial charge in [0.2, 0.25) is 15.9 Å². The molecule has 9 heteroatoms. The van der Waals surface area contributed by atoms with Gasteiger partial charge in [-0.15, -0.1) is 11.3 Å². The van der Waals surface area contributed by atoms with Gasteiger partial charge in [0.15, 0.2) is 5.13 Å². The van der Waals surface area contributed by atoms with E-state index in [4.69, 9.17) is 0 Å². The highest BCUT2D eigenvalue weighted by Crippen LogP contribution is 2.26. The third kappa shape index (κ3) is 3.94. The standard InChI is InChI=1S/C17H20FN3O3S2/c1-11-12(2)25-17(19-11)20-16(22)13-4-3-9-21(10-13)26(23,24)15-7-5-14(18)6-8-15/h5-8,13H,3-4,9-10H2,1-2H3,(H,19,20,22). The van der Waals surface area contributed by atoms with Crippen LogP contribution in [0.2, 0.25) is 0 Å². The number of thiazole rings is 1. The van der Waals surface area contributed by atoms with E-state index in [9.17, 15) is 17.6 Å². The molecular formula is C17H20FN3O3S2. The molecule has 1 saturated heterocycles. The number of carbonyl (C=O) groups is 1. The summed E-state index contributed by atoms with van der Waals surface area (Å²) in [5, 5.41) is 3.32. The van der Waals surface area contributed by atoms with Crippen LogP contribution in [-0.4, -0.2) is 36.7 Å². The molecule has 1 amide bonds. The summed E-state index contributed by atoms with van der Waals surface area (Å²) in [6, 6.07) is 4.73. The number of rotatable bonds is 4. The number of hydrogen-bond donors (Lipinski definition) is 1. The van der Waals surface area contributed by atoms with Crippen molar-refractivity contribution in [3.63, 3.8) is 0 Å². The van der Waals surface area contributed by atoms with E-state index in [-0.39, 0.29) is 17.3 Å². The van der Waals surface area contributed by atoms with Gasteiger partial charge in [0.1, 0.15) is 5.82 Å². The number of sulfonamides is 1. The fourth-order valence-electron chi connectivity index (χ4n) is 2.86. The number of aryl methyl sites for hydroxylation is 2.